The van der Waals surface area contributed by atoms with Gasteiger partial charge in [-0.1, -0.05) is 58.9 Å². The number of pyridine rings is 1. The monoisotopic (exact) mass is 626 g/mol. The maximum absolute atomic E-state index is 14.4. The van der Waals surface area contributed by atoms with Gasteiger partial charge in [-0.15, -0.1) is 11.8 Å². The first kappa shape index (κ1) is 32.2. The van der Waals surface area contributed by atoms with Gasteiger partial charge in [0, 0.05) is 56.3 Å². The summed E-state index contributed by atoms with van der Waals surface area (Å²) < 4.78 is 20.4. The average Bonchev–Trinajstić information content (AvgIpc) is 3.37. The molecule has 0 aliphatic rings. The summed E-state index contributed by atoms with van der Waals surface area (Å²) in [7, 11) is 0. The van der Waals surface area contributed by atoms with E-state index in [1.807, 2.05) is 56.3 Å². The summed E-state index contributed by atoms with van der Waals surface area (Å²) in [6, 6.07) is 16.5. The lowest BCUT2D eigenvalue weighted by atomic mass is 9.67. The number of benzene rings is 2. The fourth-order valence-electron chi connectivity index (χ4n) is 5.88. The molecule has 1 atom stereocenters. The Morgan fingerprint density at radius 2 is 1.78 bits per heavy atom. The van der Waals surface area contributed by atoms with Crippen molar-refractivity contribution in [2.45, 2.75) is 76.0 Å². The standard InChI is InChI=1S/C36H39FN4O3S/c1-6-36(7-2,34(42)43)28(19-23-10-12-24(13-11-23)31-29(37)9-8-16-40-31)32-33(45-35(3,4)5)27-20-26(14-15-30(27)41-32)44-22-25-21-38-17-18-39-25/h8-18,20-21,28,41H,6-7,19,22H2,1-5H3,(H,42,43). The van der Waals surface area contributed by atoms with Gasteiger partial charge < -0.3 is 14.8 Å². The number of fused-ring (bicyclic) bond motifs is 1. The Labute approximate surface area is 267 Å². The third-order valence-electron chi connectivity index (χ3n) is 8.29. The SMILES string of the molecule is CCC(CC)(C(=O)O)C(Cc1ccc(-c2ncccc2F)cc1)c1[nH]c2ccc(OCc3cnccn3)cc2c1SC(C)(C)C. The summed E-state index contributed by atoms with van der Waals surface area (Å²) in [4.78, 5) is 30.5. The number of carboxylic acid groups (broad SMARTS) is 1. The zero-order valence-corrected chi connectivity index (χ0v) is 27.1. The third-order valence-corrected chi connectivity index (χ3v) is 9.55. The molecule has 0 radical (unpaired) electrons. The van der Waals surface area contributed by atoms with Gasteiger partial charge in [0.2, 0.25) is 0 Å². The van der Waals surface area contributed by atoms with Crippen LogP contribution >= 0.6 is 11.8 Å². The van der Waals surface area contributed by atoms with Gasteiger partial charge in [0.15, 0.2) is 0 Å². The Morgan fingerprint density at radius 3 is 2.40 bits per heavy atom. The molecule has 3 heterocycles. The molecule has 0 saturated heterocycles. The van der Waals surface area contributed by atoms with Crippen LogP contribution in [0, 0.1) is 11.2 Å². The number of nitrogens with zero attached hydrogens (tertiary/aromatic N) is 3. The molecule has 2 N–H and O–H groups in total. The van der Waals surface area contributed by atoms with Crippen LogP contribution in [-0.4, -0.2) is 35.8 Å². The fraction of sp³-hybridized carbons (Fsp3) is 0.333. The number of aromatic amines is 1. The maximum Gasteiger partial charge on any atom is 0.310 e. The van der Waals surface area contributed by atoms with Crippen LogP contribution in [0.25, 0.3) is 22.2 Å². The molecule has 0 aliphatic heterocycles. The lowest BCUT2D eigenvalue weighted by Crippen LogP contribution is -2.38. The molecule has 0 aliphatic carbocycles. The van der Waals surface area contributed by atoms with Gasteiger partial charge in [-0.25, -0.2) is 4.39 Å². The van der Waals surface area contributed by atoms with Gasteiger partial charge in [0.25, 0.3) is 0 Å². The van der Waals surface area contributed by atoms with Crippen molar-refractivity contribution in [3.63, 3.8) is 0 Å². The molecular weight excluding hydrogens is 587 g/mol. The molecule has 0 saturated carbocycles. The van der Waals surface area contributed by atoms with Gasteiger partial charge in [0.05, 0.1) is 17.3 Å². The molecule has 234 valence electrons. The highest BCUT2D eigenvalue weighted by Crippen LogP contribution is 2.50. The summed E-state index contributed by atoms with van der Waals surface area (Å²) in [5, 5.41) is 11.8. The molecule has 45 heavy (non-hydrogen) atoms. The van der Waals surface area contributed by atoms with Gasteiger partial charge in [-0.2, -0.15) is 0 Å². The number of nitrogens with one attached hydrogen (secondary N) is 1. The normalized spacial score (nSPS) is 12.8. The molecule has 0 bridgehead atoms. The van der Waals surface area contributed by atoms with E-state index in [1.54, 1.807) is 42.6 Å². The molecule has 0 fully saturated rings. The van der Waals surface area contributed by atoms with E-state index in [0.29, 0.717) is 36.3 Å². The van der Waals surface area contributed by atoms with Gasteiger partial charge >= 0.3 is 5.97 Å². The molecule has 1 unspecified atom stereocenters. The minimum atomic E-state index is -1.02. The molecule has 5 aromatic rings. The highest BCUT2D eigenvalue weighted by atomic mass is 32.2. The van der Waals surface area contributed by atoms with Crippen molar-refractivity contribution >= 4 is 28.6 Å². The van der Waals surface area contributed by atoms with Crippen molar-refractivity contribution in [3.05, 3.63) is 102 Å². The lowest BCUT2D eigenvalue weighted by molar-refractivity contribution is -0.151. The molecule has 7 nitrogen and oxygen atoms in total. The first-order valence-electron chi connectivity index (χ1n) is 15.2. The van der Waals surface area contributed by atoms with Crippen molar-refractivity contribution in [2.24, 2.45) is 5.41 Å². The molecule has 5 rings (SSSR count). The molecule has 0 spiro atoms. The first-order valence-corrected chi connectivity index (χ1v) is 16.0. The van der Waals surface area contributed by atoms with Crippen LogP contribution in [0.1, 0.15) is 70.3 Å². The third kappa shape index (κ3) is 7.04. The average molecular weight is 627 g/mol. The number of ether oxygens (including phenoxy) is 1. The predicted octanol–water partition coefficient (Wildman–Crippen LogP) is 8.85. The quantitative estimate of drug-likeness (QED) is 0.133. The zero-order valence-electron chi connectivity index (χ0n) is 26.3. The molecular formula is C36H39FN4O3S. The Balaban J connectivity index is 1.60. The van der Waals surface area contributed by atoms with E-state index < -0.39 is 11.4 Å². The second-order valence-electron chi connectivity index (χ2n) is 12.2. The smallest absolute Gasteiger partial charge is 0.310 e. The number of aromatic nitrogens is 4. The topological polar surface area (TPSA) is 101 Å². The summed E-state index contributed by atoms with van der Waals surface area (Å²) in [6.07, 6.45) is 7.92. The number of halogens is 1. The van der Waals surface area contributed by atoms with E-state index in [9.17, 15) is 14.3 Å². The van der Waals surface area contributed by atoms with Gasteiger partial charge in [-0.05, 0) is 55.2 Å². The summed E-state index contributed by atoms with van der Waals surface area (Å²) in [5.41, 5.74) is 3.46. The number of hydrogen-bond donors (Lipinski definition) is 2. The number of carbonyl (C=O) groups is 1. The molecule has 9 heteroatoms. The van der Waals surface area contributed by atoms with Crippen molar-refractivity contribution in [1.82, 2.24) is 19.9 Å². The first-order chi connectivity index (χ1) is 21.5. The van der Waals surface area contributed by atoms with Crippen molar-refractivity contribution < 1.29 is 19.0 Å². The summed E-state index contributed by atoms with van der Waals surface area (Å²) in [6.45, 7) is 10.7. The zero-order chi connectivity index (χ0) is 32.2. The van der Waals surface area contributed by atoms with Crippen LogP contribution in [0.5, 0.6) is 5.75 Å². The van der Waals surface area contributed by atoms with E-state index in [2.05, 4.69) is 40.7 Å². The lowest BCUT2D eigenvalue weighted by Gasteiger charge is -2.36. The summed E-state index contributed by atoms with van der Waals surface area (Å²) >= 11 is 1.72. The van der Waals surface area contributed by atoms with Crippen molar-refractivity contribution in [2.75, 3.05) is 0 Å². The minimum Gasteiger partial charge on any atom is -0.487 e. The van der Waals surface area contributed by atoms with Crippen molar-refractivity contribution in [3.8, 4) is 17.0 Å². The second kappa shape index (κ2) is 13.4. The Morgan fingerprint density at radius 1 is 1.02 bits per heavy atom. The second-order valence-corrected chi connectivity index (χ2v) is 14.1. The number of H-pyrrole nitrogens is 1. The summed E-state index contributed by atoms with van der Waals surface area (Å²) in [5.74, 6) is -0.877. The Bertz CT molecular complexity index is 1760. The Hall–Kier alpha value is -4.24. The van der Waals surface area contributed by atoms with Crippen LogP contribution in [-0.2, 0) is 17.8 Å². The number of aliphatic carboxylic acids is 1. The molecule has 0 amide bonds. The fourth-order valence-corrected chi connectivity index (χ4v) is 7.08. The highest BCUT2D eigenvalue weighted by Gasteiger charge is 2.45. The van der Waals surface area contributed by atoms with Crippen LogP contribution in [0.2, 0.25) is 0 Å². The van der Waals surface area contributed by atoms with E-state index in [4.69, 9.17) is 4.74 Å². The van der Waals surface area contributed by atoms with Crippen LogP contribution in [0.15, 0.2) is 84.3 Å². The predicted molar refractivity (Wildman–Crippen MR) is 177 cm³/mol. The van der Waals surface area contributed by atoms with Gasteiger partial charge in [0.1, 0.15) is 23.9 Å². The van der Waals surface area contributed by atoms with E-state index in [1.165, 1.54) is 6.07 Å². The van der Waals surface area contributed by atoms with Crippen LogP contribution in [0.3, 0.4) is 0 Å². The maximum atomic E-state index is 14.4. The molecule has 3 aromatic heterocycles. The largest absolute Gasteiger partial charge is 0.487 e. The minimum absolute atomic E-state index is 0.149. The Kier molecular flexibility index (Phi) is 9.58. The molecule has 2 aromatic carbocycles. The number of hydrogen-bond acceptors (Lipinski definition) is 6. The van der Waals surface area contributed by atoms with E-state index >= 15 is 0 Å². The number of rotatable bonds is 12. The van der Waals surface area contributed by atoms with Crippen molar-refractivity contribution in [1.29, 1.82) is 0 Å². The van der Waals surface area contributed by atoms with Crippen LogP contribution < -0.4 is 4.74 Å². The van der Waals surface area contributed by atoms with Crippen LogP contribution in [0.4, 0.5) is 4.39 Å². The number of carboxylic acids is 1. The van der Waals surface area contributed by atoms with E-state index in [0.717, 1.165) is 32.7 Å². The van der Waals surface area contributed by atoms with Gasteiger partial charge in [-0.3, -0.25) is 19.7 Å². The number of thioether (sulfide) groups is 1. The highest BCUT2D eigenvalue weighted by molar-refractivity contribution is 8.00. The van der Waals surface area contributed by atoms with E-state index in [-0.39, 0.29) is 23.1 Å².